The highest BCUT2D eigenvalue weighted by molar-refractivity contribution is 6.33. The second-order valence-corrected chi connectivity index (χ2v) is 5.15. The summed E-state index contributed by atoms with van der Waals surface area (Å²) in [6.45, 7) is 1.62. The number of esters is 1. The minimum Gasteiger partial charge on any atom is -0.465 e. The molecule has 0 atom stereocenters. The van der Waals surface area contributed by atoms with Crippen LogP contribution in [0.1, 0.15) is 16.1 Å². The van der Waals surface area contributed by atoms with Gasteiger partial charge in [-0.2, -0.15) is 0 Å². The summed E-state index contributed by atoms with van der Waals surface area (Å²) in [5, 5.41) is 0.325. The zero-order chi connectivity index (χ0) is 15.7. The molecule has 110 valence electrons. The second kappa shape index (κ2) is 5.79. The van der Waals surface area contributed by atoms with Gasteiger partial charge in [0.15, 0.2) is 0 Å². The van der Waals surface area contributed by atoms with E-state index < -0.39 is 11.4 Å². The third-order valence-corrected chi connectivity index (χ3v) is 3.67. The van der Waals surface area contributed by atoms with Crippen LogP contribution in [0.5, 0.6) is 0 Å². The first kappa shape index (κ1) is 15.4. The summed E-state index contributed by atoms with van der Waals surface area (Å²) in [4.78, 5) is 23.8. The summed E-state index contributed by atoms with van der Waals surface area (Å²) in [5.74, 6) is -0.740. The largest absolute Gasteiger partial charge is 0.465 e. The van der Waals surface area contributed by atoms with Crippen LogP contribution < -0.4 is 11.2 Å². The number of carbonyl (C=O) groups excluding carboxylic acids is 1. The molecule has 0 saturated carbocycles. The molecule has 21 heavy (non-hydrogen) atoms. The maximum Gasteiger partial charge on any atom is 0.343 e. The Morgan fingerprint density at radius 2 is 1.95 bits per heavy atom. The fourth-order valence-corrected chi connectivity index (χ4v) is 2.27. The number of benzene rings is 1. The number of methoxy groups -OCH3 is 1. The molecule has 1 aromatic carbocycles. The van der Waals surface area contributed by atoms with Gasteiger partial charge in [0.25, 0.3) is 0 Å². The Hall–Kier alpha value is -1.98. The molecule has 2 aromatic rings. The van der Waals surface area contributed by atoms with Crippen LogP contribution in [0.4, 0.5) is 5.69 Å². The van der Waals surface area contributed by atoms with Crippen molar-refractivity contribution in [3.63, 3.8) is 0 Å². The van der Waals surface area contributed by atoms with Gasteiger partial charge in [-0.1, -0.05) is 23.2 Å². The minimum absolute atomic E-state index is 0.0884. The summed E-state index contributed by atoms with van der Waals surface area (Å²) in [5.41, 5.74) is 6.49. The van der Waals surface area contributed by atoms with Gasteiger partial charge in [-0.3, -0.25) is 4.79 Å². The van der Waals surface area contributed by atoms with Crippen LogP contribution in [0.2, 0.25) is 10.0 Å². The lowest BCUT2D eigenvalue weighted by molar-refractivity contribution is 0.0597. The monoisotopic (exact) mass is 326 g/mol. The number of nitrogens with two attached hydrogens (primary N) is 1. The van der Waals surface area contributed by atoms with Crippen molar-refractivity contribution < 1.29 is 9.53 Å². The lowest BCUT2D eigenvalue weighted by Crippen LogP contribution is -2.22. The molecule has 0 bridgehead atoms. The molecule has 2 rings (SSSR count). The van der Waals surface area contributed by atoms with Gasteiger partial charge in [0, 0.05) is 17.6 Å². The van der Waals surface area contributed by atoms with E-state index in [0.29, 0.717) is 22.1 Å². The molecule has 0 fully saturated rings. The first-order valence-corrected chi connectivity index (χ1v) is 6.68. The molecule has 7 heteroatoms. The maximum absolute atomic E-state index is 12.0. The Balaban J connectivity index is 2.75. The van der Waals surface area contributed by atoms with E-state index in [1.807, 2.05) is 0 Å². The van der Waals surface area contributed by atoms with Gasteiger partial charge in [-0.05, 0) is 25.1 Å². The molecule has 0 saturated heterocycles. The fraction of sp³-hybridized carbons (Fsp3) is 0.143. The number of aromatic nitrogens is 1. The Morgan fingerprint density at radius 1 is 1.29 bits per heavy atom. The summed E-state index contributed by atoms with van der Waals surface area (Å²) < 4.78 is 6.22. The molecule has 0 aliphatic heterocycles. The molecule has 1 heterocycles. The first-order chi connectivity index (χ1) is 9.86. The van der Waals surface area contributed by atoms with E-state index in [-0.39, 0.29) is 10.6 Å². The number of pyridine rings is 1. The van der Waals surface area contributed by atoms with E-state index in [1.165, 1.54) is 13.3 Å². The van der Waals surface area contributed by atoms with Crippen molar-refractivity contribution >= 4 is 34.9 Å². The van der Waals surface area contributed by atoms with Crippen molar-refractivity contribution in [2.24, 2.45) is 0 Å². The van der Waals surface area contributed by atoms with Gasteiger partial charge in [0.05, 0.1) is 17.8 Å². The predicted molar refractivity (Wildman–Crippen MR) is 82.5 cm³/mol. The number of halogens is 2. The van der Waals surface area contributed by atoms with E-state index in [2.05, 4.69) is 4.74 Å². The van der Waals surface area contributed by atoms with Crippen LogP contribution in [-0.4, -0.2) is 17.6 Å². The lowest BCUT2D eigenvalue weighted by atomic mass is 10.1. The highest BCUT2D eigenvalue weighted by atomic mass is 35.5. The van der Waals surface area contributed by atoms with Crippen molar-refractivity contribution in [2.75, 3.05) is 12.8 Å². The molecule has 0 spiro atoms. The Morgan fingerprint density at radius 3 is 2.52 bits per heavy atom. The molecular formula is C14H12Cl2N2O3. The smallest absolute Gasteiger partial charge is 0.343 e. The van der Waals surface area contributed by atoms with Gasteiger partial charge in [-0.25, -0.2) is 4.79 Å². The number of nitrogen functional groups attached to an aromatic ring is 1. The molecule has 0 aliphatic rings. The highest BCUT2D eigenvalue weighted by Gasteiger charge is 2.19. The normalized spacial score (nSPS) is 10.5. The van der Waals surface area contributed by atoms with Gasteiger partial charge in [-0.15, -0.1) is 0 Å². The fourth-order valence-electron chi connectivity index (χ4n) is 1.96. The quantitative estimate of drug-likeness (QED) is 0.680. The lowest BCUT2D eigenvalue weighted by Gasteiger charge is -2.15. The van der Waals surface area contributed by atoms with Gasteiger partial charge in [0.2, 0.25) is 5.43 Å². The van der Waals surface area contributed by atoms with Crippen LogP contribution in [-0.2, 0) is 4.74 Å². The van der Waals surface area contributed by atoms with Gasteiger partial charge < -0.3 is 15.0 Å². The standard InChI is InChI=1S/C14H12Cl2N2O3/c1-7-12(14(20)21-2)13(19)10(16)6-18(7)8-3-4-9(15)11(17)5-8/h3-6H,17H2,1-2H3. The van der Waals surface area contributed by atoms with Crippen molar-refractivity contribution in [2.45, 2.75) is 6.92 Å². The second-order valence-electron chi connectivity index (χ2n) is 4.33. The topological polar surface area (TPSA) is 74.3 Å². The summed E-state index contributed by atoms with van der Waals surface area (Å²) in [6.07, 6.45) is 1.42. The number of anilines is 1. The van der Waals surface area contributed by atoms with Gasteiger partial charge >= 0.3 is 5.97 Å². The third-order valence-electron chi connectivity index (χ3n) is 3.06. The molecule has 0 unspecified atom stereocenters. The molecular weight excluding hydrogens is 315 g/mol. The van der Waals surface area contributed by atoms with Crippen LogP contribution in [0.25, 0.3) is 5.69 Å². The first-order valence-electron chi connectivity index (χ1n) is 5.92. The van der Waals surface area contributed by atoms with Crippen molar-refractivity contribution in [3.05, 3.63) is 55.9 Å². The van der Waals surface area contributed by atoms with Crippen LogP contribution in [0, 0.1) is 6.92 Å². The average Bonchev–Trinajstić information content (AvgIpc) is 2.46. The number of ether oxygens (including phenoxy) is 1. The van der Waals surface area contributed by atoms with Gasteiger partial charge in [0.1, 0.15) is 10.6 Å². The molecule has 0 aliphatic carbocycles. The Bertz CT molecular complexity index is 785. The predicted octanol–water partition coefficient (Wildman–Crippen LogP) is 2.82. The third kappa shape index (κ3) is 2.75. The molecule has 1 aromatic heterocycles. The Labute approximate surface area is 130 Å². The zero-order valence-electron chi connectivity index (χ0n) is 11.3. The van der Waals surface area contributed by atoms with Crippen LogP contribution in [0.3, 0.4) is 0 Å². The zero-order valence-corrected chi connectivity index (χ0v) is 12.8. The Kier molecular flexibility index (Phi) is 4.25. The molecule has 2 N–H and O–H groups in total. The number of nitrogens with zero attached hydrogens (tertiary/aromatic N) is 1. The summed E-state index contributed by atoms with van der Waals surface area (Å²) in [7, 11) is 1.20. The van der Waals surface area contributed by atoms with Crippen molar-refractivity contribution in [1.29, 1.82) is 0 Å². The number of rotatable bonds is 2. The highest BCUT2D eigenvalue weighted by Crippen LogP contribution is 2.24. The number of hydrogen-bond donors (Lipinski definition) is 1. The minimum atomic E-state index is -0.740. The molecule has 0 amide bonds. The number of hydrogen-bond acceptors (Lipinski definition) is 4. The summed E-state index contributed by atoms with van der Waals surface area (Å²) in [6, 6.07) is 4.94. The van der Waals surface area contributed by atoms with E-state index in [1.54, 1.807) is 29.7 Å². The maximum atomic E-state index is 12.0. The van der Waals surface area contributed by atoms with E-state index >= 15 is 0 Å². The van der Waals surface area contributed by atoms with Crippen LogP contribution >= 0.6 is 23.2 Å². The van der Waals surface area contributed by atoms with Crippen molar-refractivity contribution in [1.82, 2.24) is 4.57 Å². The summed E-state index contributed by atoms with van der Waals surface area (Å²) >= 11 is 11.8. The van der Waals surface area contributed by atoms with Crippen molar-refractivity contribution in [3.8, 4) is 5.69 Å². The van der Waals surface area contributed by atoms with E-state index in [0.717, 1.165) is 0 Å². The molecule has 0 radical (unpaired) electrons. The van der Waals surface area contributed by atoms with E-state index in [9.17, 15) is 9.59 Å². The van der Waals surface area contributed by atoms with Crippen LogP contribution in [0.15, 0.2) is 29.2 Å². The van der Waals surface area contributed by atoms with E-state index in [4.69, 9.17) is 28.9 Å². The molecule has 5 nitrogen and oxygen atoms in total. The number of carbonyl (C=O) groups is 1. The average molecular weight is 327 g/mol. The SMILES string of the molecule is COC(=O)c1c(C)n(-c2ccc(Cl)c(N)c2)cc(Cl)c1=O.